The number of carbonyl (C=O) groups excluding carboxylic acids is 1. The van der Waals surface area contributed by atoms with E-state index in [0.717, 1.165) is 37.3 Å². The molecule has 2 aliphatic heterocycles. The summed E-state index contributed by atoms with van der Waals surface area (Å²) in [5.41, 5.74) is 8.52. The molecule has 2 aliphatic rings. The number of nitrogens with two attached hydrogens (primary N) is 1. The second-order valence-corrected chi connectivity index (χ2v) is 7.48. The normalized spacial score (nSPS) is 23.5. The average molecular weight is 393 g/mol. The number of aliphatic imine (C=N–C) groups is 1. The van der Waals surface area contributed by atoms with Gasteiger partial charge in [0.1, 0.15) is 6.04 Å². The Morgan fingerprint density at radius 2 is 2.26 bits per heavy atom. The Bertz CT molecular complexity index is 773. The SMILES string of the molecule is Cc1c(CN2CCN[C@@H](C)C2)cc(Cl)cc1N=C(N)OC(=N)[C@@H]1CC(=O)N1. The van der Waals surface area contributed by atoms with Gasteiger partial charge in [0.25, 0.3) is 6.02 Å². The molecule has 0 saturated carbocycles. The van der Waals surface area contributed by atoms with Gasteiger partial charge < -0.3 is 21.1 Å². The quantitative estimate of drug-likeness (QED) is 0.350. The molecule has 1 aromatic rings. The summed E-state index contributed by atoms with van der Waals surface area (Å²) >= 11 is 6.28. The number of amidine groups is 1. The Labute approximate surface area is 163 Å². The number of halogens is 1. The number of amides is 1. The standard InChI is InChI=1S/C18H25ClN6O2/c1-10-8-25(4-3-22-10)9-12-5-13(19)6-14(11(12)2)24-18(21)27-17(20)15-7-16(26)23-15/h5-6,10,15,20,22H,3-4,7-9H2,1-2H3,(H2,21,24)(H,23,26)/t10-,15-/m0/s1. The van der Waals surface area contributed by atoms with Gasteiger partial charge in [0.2, 0.25) is 11.8 Å². The molecule has 1 aromatic carbocycles. The van der Waals surface area contributed by atoms with Crippen LogP contribution in [0, 0.1) is 12.3 Å². The first kappa shape index (κ1) is 19.6. The van der Waals surface area contributed by atoms with E-state index in [1.54, 1.807) is 6.07 Å². The number of nitrogens with one attached hydrogen (secondary N) is 3. The number of hydrogen-bond donors (Lipinski definition) is 4. The van der Waals surface area contributed by atoms with Crippen LogP contribution in [0.4, 0.5) is 5.69 Å². The van der Waals surface area contributed by atoms with Gasteiger partial charge in [-0.25, -0.2) is 0 Å². The molecular weight excluding hydrogens is 368 g/mol. The van der Waals surface area contributed by atoms with E-state index < -0.39 is 6.04 Å². The molecule has 2 saturated heterocycles. The van der Waals surface area contributed by atoms with E-state index in [4.69, 9.17) is 27.5 Å². The molecule has 0 bridgehead atoms. The zero-order valence-corrected chi connectivity index (χ0v) is 16.3. The minimum absolute atomic E-state index is 0.110. The zero-order chi connectivity index (χ0) is 19.6. The molecule has 146 valence electrons. The number of benzene rings is 1. The summed E-state index contributed by atoms with van der Waals surface area (Å²) in [6.45, 7) is 7.84. The van der Waals surface area contributed by atoms with Crippen molar-refractivity contribution in [3.63, 3.8) is 0 Å². The summed E-state index contributed by atoms with van der Waals surface area (Å²) in [6.07, 6.45) is 0.232. The monoisotopic (exact) mass is 392 g/mol. The molecule has 1 amide bonds. The predicted molar refractivity (Wildman–Crippen MR) is 106 cm³/mol. The number of hydrogen-bond acceptors (Lipinski definition) is 6. The molecule has 0 aliphatic carbocycles. The Balaban J connectivity index is 1.72. The highest BCUT2D eigenvalue weighted by Gasteiger charge is 2.31. The number of rotatable bonds is 4. The first-order chi connectivity index (χ1) is 12.8. The van der Waals surface area contributed by atoms with Gasteiger partial charge in [-0.1, -0.05) is 11.6 Å². The van der Waals surface area contributed by atoms with Crippen LogP contribution in [0.3, 0.4) is 0 Å². The molecule has 3 rings (SSSR count). The second-order valence-electron chi connectivity index (χ2n) is 7.04. The van der Waals surface area contributed by atoms with Gasteiger partial charge in [-0.3, -0.25) is 15.1 Å². The van der Waals surface area contributed by atoms with Crippen LogP contribution in [0.5, 0.6) is 0 Å². The third kappa shape index (κ3) is 4.97. The van der Waals surface area contributed by atoms with Crippen molar-refractivity contribution in [2.24, 2.45) is 10.7 Å². The molecule has 2 heterocycles. The van der Waals surface area contributed by atoms with Crippen molar-refractivity contribution in [1.82, 2.24) is 15.5 Å². The van der Waals surface area contributed by atoms with Crippen molar-refractivity contribution < 1.29 is 9.53 Å². The molecule has 0 radical (unpaired) electrons. The number of β-lactam (4-membered cyclic amide) rings is 1. The van der Waals surface area contributed by atoms with Crippen LogP contribution in [0.15, 0.2) is 17.1 Å². The topological polar surface area (TPSA) is 116 Å². The Hall–Kier alpha value is -2.16. The molecule has 0 unspecified atom stereocenters. The summed E-state index contributed by atoms with van der Waals surface area (Å²) < 4.78 is 5.24. The zero-order valence-electron chi connectivity index (χ0n) is 15.5. The van der Waals surface area contributed by atoms with Crippen molar-refractivity contribution in [2.45, 2.75) is 38.9 Å². The van der Waals surface area contributed by atoms with Crippen LogP contribution in [0.2, 0.25) is 5.02 Å². The van der Waals surface area contributed by atoms with E-state index in [1.807, 2.05) is 13.0 Å². The van der Waals surface area contributed by atoms with E-state index in [0.29, 0.717) is 16.8 Å². The fraction of sp³-hybridized carbons (Fsp3) is 0.500. The molecule has 2 fully saturated rings. The van der Waals surface area contributed by atoms with Gasteiger partial charge >= 0.3 is 0 Å². The maximum atomic E-state index is 10.9. The predicted octanol–water partition coefficient (Wildman–Crippen LogP) is 1.27. The Morgan fingerprint density at radius 3 is 2.93 bits per heavy atom. The maximum Gasteiger partial charge on any atom is 0.293 e. The fourth-order valence-corrected chi connectivity index (χ4v) is 3.47. The second kappa shape index (κ2) is 8.24. The lowest BCUT2D eigenvalue weighted by Crippen LogP contribution is -2.54. The van der Waals surface area contributed by atoms with Crippen LogP contribution < -0.4 is 16.4 Å². The Kier molecular flexibility index (Phi) is 5.98. The molecule has 8 nitrogen and oxygen atoms in total. The largest absolute Gasteiger partial charge is 0.409 e. The van der Waals surface area contributed by atoms with Crippen molar-refractivity contribution >= 4 is 35.1 Å². The highest BCUT2D eigenvalue weighted by atomic mass is 35.5. The lowest BCUT2D eigenvalue weighted by atomic mass is 10.1. The van der Waals surface area contributed by atoms with Gasteiger partial charge in [0.15, 0.2) is 0 Å². The summed E-state index contributed by atoms with van der Waals surface area (Å²) in [5.74, 6) is -0.230. The van der Waals surface area contributed by atoms with E-state index in [1.165, 1.54) is 0 Å². The van der Waals surface area contributed by atoms with Crippen molar-refractivity contribution in [2.75, 3.05) is 19.6 Å². The van der Waals surface area contributed by atoms with Gasteiger partial charge in [-0.15, -0.1) is 0 Å². The summed E-state index contributed by atoms with van der Waals surface area (Å²) in [6, 6.07) is 3.56. The maximum absolute atomic E-state index is 10.9. The Morgan fingerprint density at radius 1 is 1.52 bits per heavy atom. The van der Waals surface area contributed by atoms with Gasteiger partial charge in [-0.2, -0.15) is 4.99 Å². The first-order valence-corrected chi connectivity index (χ1v) is 9.34. The average Bonchev–Trinajstić information content (AvgIpc) is 2.56. The number of ether oxygens (including phenoxy) is 1. The van der Waals surface area contributed by atoms with E-state index >= 15 is 0 Å². The van der Waals surface area contributed by atoms with Gasteiger partial charge in [-0.05, 0) is 37.1 Å². The molecule has 9 heteroatoms. The molecule has 5 N–H and O–H groups in total. The first-order valence-electron chi connectivity index (χ1n) is 8.96. The van der Waals surface area contributed by atoms with E-state index in [9.17, 15) is 4.79 Å². The molecule has 2 atom stereocenters. The van der Waals surface area contributed by atoms with Crippen LogP contribution >= 0.6 is 11.6 Å². The number of nitrogens with zero attached hydrogens (tertiary/aromatic N) is 2. The third-order valence-electron chi connectivity index (χ3n) is 4.79. The van der Waals surface area contributed by atoms with Crippen molar-refractivity contribution in [3.05, 3.63) is 28.3 Å². The van der Waals surface area contributed by atoms with Crippen LogP contribution in [0.25, 0.3) is 0 Å². The smallest absolute Gasteiger partial charge is 0.293 e. The molecule has 0 aromatic heterocycles. The lowest BCUT2D eigenvalue weighted by Gasteiger charge is -2.32. The van der Waals surface area contributed by atoms with Crippen molar-refractivity contribution in [3.8, 4) is 0 Å². The number of piperazine rings is 1. The molecule has 0 spiro atoms. The minimum atomic E-state index is -0.433. The number of carbonyl (C=O) groups is 1. The highest BCUT2D eigenvalue weighted by Crippen LogP contribution is 2.28. The van der Waals surface area contributed by atoms with Crippen LogP contribution in [-0.4, -0.2) is 54.4 Å². The fourth-order valence-electron chi connectivity index (χ4n) is 3.24. The van der Waals surface area contributed by atoms with Crippen LogP contribution in [-0.2, 0) is 16.1 Å². The minimum Gasteiger partial charge on any atom is -0.409 e. The lowest BCUT2D eigenvalue weighted by molar-refractivity contribution is -0.126. The van der Waals surface area contributed by atoms with Gasteiger partial charge in [0, 0.05) is 37.2 Å². The molecule has 27 heavy (non-hydrogen) atoms. The van der Waals surface area contributed by atoms with E-state index in [-0.39, 0.29) is 24.2 Å². The summed E-state index contributed by atoms with van der Waals surface area (Å²) in [4.78, 5) is 17.6. The van der Waals surface area contributed by atoms with E-state index in [2.05, 4.69) is 27.4 Å². The van der Waals surface area contributed by atoms with Crippen LogP contribution in [0.1, 0.15) is 24.5 Å². The summed E-state index contributed by atoms with van der Waals surface area (Å²) in [5, 5.41) is 14.4. The molecular formula is C18H25ClN6O2. The third-order valence-corrected chi connectivity index (χ3v) is 5.00. The van der Waals surface area contributed by atoms with Crippen molar-refractivity contribution in [1.29, 1.82) is 5.41 Å². The van der Waals surface area contributed by atoms with Gasteiger partial charge in [0.05, 0.1) is 12.1 Å². The summed E-state index contributed by atoms with van der Waals surface area (Å²) in [7, 11) is 0. The highest BCUT2D eigenvalue weighted by molar-refractivity contribution is 6.31.